The third-order valence-electron chi connectivity index (χ3n) is 2.23. The lowest BCUT2D eigenvalue weighted by Gasteiger charge is -2.05. The van der Waals surface area contributed by atoms with E-state index >= 15 is 0 Å². The lowest BCUT2D eigenvalue weighted by Crippen LogP contribution is -2.09. The average Bonchev–Trinajstić information content (AvgIpc) is 2.37. The largest absolute Gasteiger partial charge is 0.488 e. The van der Waals surface area contributed by atoms with Crippen LogP contribution in [0.5, 0.6) is 5.75 Å². The second-order valence-electron chi connectivity index (χ2n) is 3.85. The monoisotopic (exact) mass is 266 g/mol. The number of hydrogen-bond acceptors (Lipinski definition) is 4. The van der Waals surface area contributed by atoms with Crippen LogP contribution in [-0.2, 0) is 5.75 Å². The molecule has 0 aromatic carbocycles. The van der Waals surface area contributed by atoms with Crippen LogP contribution in [0, 0.1) is 11.3 Å². The number of aromatic amines is 1. The number of nitriles is 1. The number of ether oxygens (including phenoxy) is 1. The van der Waals surface area contributed by atoms with E-state index in [4.69, 9.17) is 10.00 Å². The molecule has 0 bridgehead atoms. The highest BCUT2D eigenvalue weighted by Crippen LogP contribution is 2.12. The van der Waals surface area contributed by atoms with Crippen molar-refractivity contribution in [2.45, 2.75) is 31.9 Å². The first kappa shape index (κ1) is 14.7. The van der Waals surface area contributed by atoms with Crippen LogP contribution in [0.15, 0.2) is 17.1 Å². The number of aromatic nitrogens is 1. The number of thioether (sulfide) groups is 1. The Morgan fingerprint density at radius 1 is 1.56 bits per heavy atom. The van der Waals surface area contributed by atoms with Gasteiger partial charge in [-0.05, 0) is 18.6 Å². The molecule has 0 aliphatic carbocycles. The molecule has 0 aliphatic heterocycles. The van der Waals surface area contributed by atoms with E-state index in [0.717, 1.165) is 30.0 Å². The zero-order valence-corrected chi connectivity index (χ0v) is 11.4. The van der Waals surface area contributed by atoms with E-state index in [-0.39, 0.29) is 5.43 Å². The normalized spacial score (nSPS) is 10.0. The highest BCUT2D eigenvalue weighted by atomic mass is 32.2. The summed E-state index contributed by atoms with van der Waals surface area (Å²) in [5.74, 6) is 2.08. The van der Waals surface area contributed by atoms with Gasteiger partial charge in [-0.25, -0.2) is 0 Å². The number of hydrogen-bond donors (Lipinski definition) is 1. The molecular weight excluding hydrogens is 248 g/mol. The number of unbranched alkanes of at least 4 members (excludes halogenated alkanes) is 1. The number of nitrogens with zero attached hydrogens (tertiary/aromatic N) is 1. The molecule has 4 nitrogen and oxygen atoms in total. The summed E-state index contributed by atoms with van der Waals surface area (Å²) >= 11 is 1.72. The van der Waals surface area contributed by atoms with Crippen molar-refractivity contribution in [3.05, 3.63) is 28.2 Å². The minimum Gasteiger partial charge on any atom is -0.488 e. The molecule has 0 saturated carbocycles. The van der Waals surface area contributed by atoms with Crippen LogP contribution in [0.4, 0.5) is 0 Å². The van der Waals surface area contributed by atoms with Crippen molar-refractivity contribution in [1.29, 1.82) is 5.26 Å². The predicted octanol–water partition coefficient (Wildman–Crippen LogP) is 2.70. The Kier molecular flexibility index (Phi) is 7.04. The highest BCUT2D eigenvalue weighted by Gasteiger charge is 2.02. The average molecular weight is 266 g/mol. The van der Waals surface area contributed by atoms with Gasteiger partial charge in [0.15, 0.2) is 5.75 Å². The van der Waals surface area contributed by atoms with E-state index < -0.39 is 0 Å². The fourth-order valence-electron chi connectivity index (χ4n) is 1.34. The first-order chi connectivity index (χ1) is 8.77. The Bertz CT molecular complexity index is 451. The van der Waals surface area contributed by atoms with Crippen molar-refractivity contribution < 1.29 is 4.74 Å². The zero-order valence-electron chi connectivity index (χ0n) is 10.6. The molecule has 1 aromatic heterocycles. The molecular formula is C13H18N2O2S. The molecule has 0 spiro atoms. The molecule has 1 N–H and O–H groups in total. The van der Waals surface area contributed by atoms with Gasteiger partial charge in [0, 0.05) is 30.1 Å². The SMILES string of the molecule is CCCOc1c[nH]c(CSCCCC#N)cc1=O. The van der Waals surface area contributed by atoms with Gasteiger partial charge in [-0.2, -0.15) is 17.0 Å². The zero-order chi connectivity index (χ0) is 13.2. The summed E-state index contributed by atoms with van der Waals surface area (Å²) in [6.07, 6.45) is 4.00. The quantitative estimate of drug-likeness (QED) is 0.735. The smallest absolute Gasteiger partial charge is 0.223 e. The van der Waals surface area contributed by atoms with E-state index in [1.165, 1.54) is 0 Å². The summed E-state index contributed by atoms with van der Waals surface area (Å²) in [5, 5.41) is 8.40. The molecule has 18 heavy (non-hydrogen) atoms. The molecule has 0 atom stereocenters. The molecule has 0 unspecified atom stereocenters. The number of pyridine rings is 1. The first-order valence-electron chi connectivity index (χ1n) is 6.07. The van der Waals surface area contributed by atoms with Crippen LogP contribution in [0.25, 0.3) is 0 Å². The molecule has 1 heterocycles. The maximum atomic E-state index is 11.7. The van der Waals surface area contributed by atoms with Crippen LogP contribution in [0.3, 0.4) is 0 Å². The number of nitrogens with one attached hydrogen (secondary N) is 1. The third-order valence-corrected chi connectivity index (χ3v) is 3.33. The highest BCUT2D eigenvalue weighted by molar-refractivity contribution is 7.98. The molecule has 0 amide bonds. The van der Waals surface area contributed by atoms with E-state index in [9.17, 15) is 4.79 Å². The molecule has 0 saturated heterocycles. The van der Waals surface area contributed by atoms with E-state index in [1.54, 1.807) is 24.0 Å². The Labute approximate surface area is 111 Å². The standard InChI is InChI=1S/C13H18N2O2S/c1-2-6-17-13-9-15-11(8-12(13)16)10-18-7-4-3-5-14/h8-9H,2-4,6-7,10H2,1H3,(H,15,16). The van der Waals surface area contributed by atoms with Crippen molar-refractivity contribution in [2.24, 2.45) is 0 Å². The van der Waals surface area contributed by atoms with Crippen molar-refractivity contribution in [1.82, 2.24) is 4.98 Å². The minimum atomic E-state index is -0.0742. The van der Waals surface area contributed by atoms with Gasteiger partial charge < -0.3 is 9.72 Å². The Balaban J connectivity index is 2.41. The molecule has 0 aliphatic rings. The summed E-state index contributed by atoms with van der Waals surface area (Å²) in [7, 11) is 0. The van der Waals surface area contributed by atoms with E-state index in [0.29, 0.717) is 18.8 Å². The van der Waals surface area contributed by atoms with Gasteiger partial charge in [-0.3, -0.25) is 4.79 Å². The lowest BCUT2D eigenvalue weighted by molar-refractivity contribution is 0.313. The number of rotatable bonds is 8. The lowest BCUT2D eigenvalue weighted by atomic mass is 10.3. The summed E-state index contributed by atoms with van der Waals surface area (Å²) < 4.78 is 5.31. The van der Waals surface area contributed by atoms with Gasteiger partial charge in [-0.15, -0.1) is 0 Å². The molecule has 98 valence electrons. The van der Waals surface area contributed by atoms with Gasteiger partial charge >= 0.3 is 0 Å². The molecule has 1 rings (SSSR count). The third kappa shape index (κ3) is 5.28. The molecule has 1 aromatic rings. The van der Waals surface area contributed by atoms with Gasteiger partial charge in [0.2, 0.25) is 5.43 Å². The van der Waals surface area contributed by atoms with E-state index in [2.05, 4.69) is 11.1 Å². The summed E-state index contributed by atoms with van der Waals surface area (Å²) in [4.78, 5) is 14.8. The predicted molar refractivity (Wildman–Crippen MR) is 73.9 cm³/mol. The second-order valence-corrected chi connectivity index (χ2v) is 4.95. The number of H-pyrrole nitrogens is 1. The van der Waals surface area contributed by atoms with Crippen LogP contribution >= 0.6 is 11.8 Å². The van der Waals surface area contributed by atoms with Crippen molar-refractivity contribution in [2.75, 3.05) is 12.4 Å². The van der Waals surface area contributed by atoms with E-state index in [1.807, 2.05) is 6.92 Å². The second kappa shape index (κ2) is 8.65. The van der Waals surface area contributed by atoms with Gasteiger partial charge in [-0.1, -0.05) is 6.92 Å². The Morgan fingerprint density at radius 2 is 2.39 bits per heavy atom. The van der Waals surface area contributed by atoms with Crippen LogP contribution in [-0.4, -0.2) is 17.3 Å². The maximum absolute atomic E-state index is 11.7. The molecule has 0 fully saturated rings. The fraction of sp³-hybridized carbons (Fsp3) is 0.538. The fourth-order valence-corrected chi connectivity index (χ4v) is 2.22. The van der Waals surface area contributed by atoms with Crippen LogP contribution < -0.4 is 10.2 Å². The van der Waals surface area contributed by atoms with Crippen molar-refractivity contribution in [3.8, 4) is 11.8 Å². The van der Waals surface area contributed by atoms with Crippen LogP contribution in [0.1, 0.15) is 31.9 Å². The van der Waals surface area contributed by atoms with Gasteiger partial charge in [0.05, 0.1) is 12.7 Å². The summed E-state index contributed by atoms with van der Waals surface area (Å²) in [5.41, 5.74) is 0.820. The topological polar surface area (TPSA) is 65.9 Å². The Morgan fingerprint density at radius 3 is 3.06 bits per heavy atom. The molecule has 5 heteroatoms. The van der Waals surface area contributed by atoms with Crippen molar-refractivity contribution >= 4 is 11.8 Å². The van der Waals surface area contributed by atoms with Gasteiger partial charge in [0.1, 0.15) is 0 Å². The van der Waals surface area contributed by atoms with Crippen molar-refractivity contribution in [3.63, 3.8) is 0 Å². The summed E-state index contributed by atoms with van der Waals surface area (Å²) in [6, 6.07) is 3.70. The summed E-state index contributed by atoms with van der Waals surface area (Å²) in [6.45, 7) is 2.56. The maximum Gasteiger partial charge on any atom is 0.223 e. The minimum absolute atomic E-state index is 0.0742. The molecule has 0 radical (unpaired) electrons. The first-order valence-corrected chi connectivity index (χ1v) is 7.22. The van der Waals surface area contributed by atoms with Gasteiger partial charge in [0.25, 0.3) is 0 Å². The Hall–Kier alpha value is -1.41. The van der Waals surface area contributed by atoms with Crippen LogP contribution in [0.2, 0.25) is 0 Å².